The molecule has 16 heavy (non-hydrogen) atoms. The van der Waals surface area contributed by atoms with E-state index in [1.807, 2.05) is 0 Å². The van der Waals surface area contributed by atoms with Gasteiger partial charge in [-0.25, -0.2) is 0 Å². The molecule has 0 amide bonds. The highest BCUT2D eigenvalue weighted by atomic mass is 79.9. The third kappa shape index (κ3) is 4.74. The largest absolute Gasteiger partial charge is 0.497 e. The van der Waals surface area contributed by atoms with Crippen LogP contribution in [0.25, 0.3) is 0 Å². The van der Waals surface area contributed by atoms with E-state index in [1.54, 1.807) is 18.2 Å². The molecule has 0 radical (unpaired) electrons. The quantitative estimate of drug-likeness (QED) is 0.912. The SMILES string of the molecule is COc1cc(Br)cc(NCCC(F)(F)F)c1. The molecule has 90 valence electrons. The Morgan fingerprint density at radius 2 is 2.00 bits per heavy atom. The molecule has 1 rings (SSSR count). The normalized spacial score (nSPS) is 11.3. The van der Waals surface area contributed by atoms with Crippen molar-refractivity contribution in [3.05, 3.63) is 22.7 Å². The number of methoxy groups -OCH3 is 1. The number of hydrogen-bond acceptors (Lipinski definition) is 2. The Kier molecular flexibility index (Phi) is 4.46. The van der Waals surface area contributed by atoms with Crippen LogP contribution < -0.4 is 10.1 Å². The molecule has 0 aliphatic rings. The van der Waals surface area contributed by atoms with Crippen LogP contribution in [0.15, 0.2) is 22.7 Å². The summed E-state index contributed by atoms with van der Waals surface area (Å²) in [5, 5.41) is 2.69. The monoisotopic (exact) mass is 297 g/mol. The second-order valence-electron chi connectivity index (χ2n) is 3.17. The number of ether oxygens (including phenoxy) is 1. The maximum Gasteiger partial charge on any atom is 0.390 e. The van der Waals surface area contributed by atoms with Crippen molar-refractivity contribution in [1.29, 1.82) is 0 Å². The standard InChI is InChI=1S/C10H11BrF3NO/c1-16-9-5-7(11)4-8(6-9)15-3-2-10(12,13)14/h4-6,15H,2-3H2,1H3. The van der Waals surface area contributed by atoms with Gasteiger partial charge in [0.05, 0.1) is 13.5 Å². The van der Waals surface area contributed by atoms with E-state index >= 15 is 0 Å². The minimum atomic E-state index is -4.14. The van der Waals surface area contributed by atoms with Crippen molar-refractivity contribution in [3.8, 4) is 5.75 Å². The number of benzene rings is 1. The highest BCUT2D eigenvalue weighted by molar-refractivity contribution is 9.10. The zero-order valence-corrected chi connectivity index (χ0v) is 10.2. The number of nitrogens with one attached hydrogen (secondary N) is 1. The average molecular weight is 298 g/mol. The number of anilines is 1. The average Bonchev–Trinajstić information content (AvgIpc) is 2.14. The highest BCUT2D eigenvalue weighted by Crippen LogP contribution is 2.25. The Bertz CT molecular complexity index is 354. The first kappa shape index (κ1) is 13.2. The van der Waals surface area contributed by atoms with E-state index in [2.05, 4.69) is 21.2 Å². The molecule has 0 spiro atoms. The molecule has 1 aromatic carbocycles. The van der Waals surface area contributed by atoms with E-state index in [1.165, 1.54) is 7.11 Å². The molecule has 0 saturated heterocycles. The van der Waals surface area contributed by atoms with Crippen LogP contribution in [-0.4, -0.2) is 19.8 Å². The van der Waals surface area contributed by atoms with E-state index in [4.69, 9.17) is 4.74 Å². The second-order valence-corrected chi connectivity index (χ2v) is 4.09. The molecule has 0 saturated carbocycles. The summed E-state index contributed by atoms with van der Waals surface area (Å²) in [5.74, 6) is 0.587. The topological polar surface area (TPSA) is 21.3 Å². The lowest BCUT2D eigenvalue weighted by Gasteiger charge is -2.10. The van der Waals surface area contributed by atoms with Crippen LogP contribution in [-0.2, 0) is 0 Å². The summed E-state index contributed by atoms with van der Waals surface area (Å²) >= 11 is 3.24. The molecule has 0 aromatic heterocycles. The third-order valence-electron chi connectivity index (χ3n) is 1.84. The van der Waals surface area contributed by atoms with Gasteiger partial charge in [-0.1, -0.05) is 15.9 Å². The van der Waals surface area contributed by atoms with Crippen LogP contribution in [0, 0.1) is 0 Å². The second kappa shape index (κ2) is 5.43. The Balaban J connectivity index is 2.57. The van der Waals surface area contributed by atoms with Crippen molar-refractivity contribution in [3.63, 3.8) is 0 Å². The fourth-order valence-corrected chi connectivity index (χ4v) is 1.60. The number of alkyl halides is 3. The zero-order valence-electron chi connectivity index (χ0n) is 8.57. The molecule has 0 unspecified atom stereocenters. The molecule has 1 N–H and O–H groups in total. The lowest BCUT2D eigenvalue weighted by atomic mass is 10.3. The predicted octanol–water partition coefficient (Wildman–Crippen LogP) is 3.82. The molecule has 1 aromatic rings. The van der Waals surface area contributed by atoms with E-state index in [0.29, 0.717) is 11.4 Å². The van der Waals surface area contributed by atoms with Gasteiger partial charge in [-0.2, -0.15) is 13.2 Å². The summed E-state index contributed by atoms with van der Waals surface area (Å²) in [6.45, 7) is -0.150. The summed E-state index contributed by atoms with van der Waals surface area (Å²) in [5.41, 5.74) is 0.593. The number of hydrogen-bond donors (Lipinski definition) is 1. The van der Waals surface area contributed by atoms with Crippen LogP contribution in [0.2, 0.25) is 0 Å². The van der Waals surface area contributed by atoms with Crippen LogP contribution in [0.4, 0.5) is 18.9 Å². The van der Waals surface area contributed by atoms with Crippen molar-refractivity contribution >= 4 is 21.6 Å². The molecule has 0 atom stereocenters. The van der Waals surface area contributed by atoms with E-state index in [0.717, 1.165) is 4.47 Å². The van der Waals surface area contributed by atoms with Gasteiger partial charge in [-0.15, -0.1) is 0 Å². The zero-order chi connectivity index (χ0) is 12.2. The molecule has 2 nitrogen and oxygen atoms in total. The molecular weight excluding hydrogens is 287 g/mol. The molecule has 0 aliphatic carbocycles. The van der Waals surface area contributed by atoms with E-state index in [-0.39, 0.29) is 6.54 Å². The first-order chi connectivity index (χ1) is 7.40. The fourth-order valence-electron chi connectivity index (χ4n) is 1.13. The molecule has 0 heterocycles. The van der Waals surface area contributed by atoms with Gasteiger partial charge < -0.3 is 10.1 Å². The van der Waals surface area contributed by atoms with Crippen LogP contribution >= 0.6 is 15.9 Å². The van der Waals surface area contributed by atoms with E-state index < -0.39 is 12.6 Å². The first-order valence-corrected chi connectivity index (χ1v) is 5.35. The van der Waals surface area contributed by atoms with Gasteiger partial charge in [0, 0.05) is 22.8 Å². The van der Waals surface area contributed by atoms with Gasteiger partial charge in [0.2, 0.25) is 0 Å². The van der Waals surface area contributed by atoms with Gasteiger partial charge in [0.25, 0.3) is 0 Å². The van der Waals surface area contributed by atoms with Gasteiger partial charge in [0.1, 0.15) is 5.75 Å². The van der Waals surface area contributed by atoms with Crippen molar-refractivity contribution in [2.75, 3.05) is 19.0 Å². The Morgan fingerprint density at radius 3 is 2.56 bits per heavy atom. The third-order valence-corrected chi connectivity index (χ3v) is 2.30. The van der Waals surface area contributed by atoms with Crippen LogP contribution in [0.1, 0.15) is 6.42 Å². The smallest absolute Gasteiger partial charge is 0.390 e. The molecular formula is C10H11BrF3NO. The van der Waals surface area contributed by atoms with Gasteiger partial charge >= 0.3 is 6.18 Å². The van der Waals surface area contributed by atoms with Crippen molar-refractivity contribution in [1.82, 2.24) is 0 Å². The summed E-state index contributed by atoms with van der Waals surface area (Å²) in [7, 11) is 1.50. The lowest BCUT2D eigenvalue weighted by Crippen LogP contribution is -2.14. The Hall–Kier alpha value is -0.910. The van der Waals surface area contributed by atoms with Crippen molar-refractivity contribution in [2.45, 2.75) is 12.6 Å². The minimum Gasteiger partial charge on any atom is -0.497 e. The van der Waals surface area contributed by atoms with Gasteiger partial charge in [0.15, 0.2) is 0 Å². The summed E-state index contributed by atoms with van der Waals surface area (Å²) in [6, 6.07) is 5.06. The van der Waals surface area contributed by atoms with Crippen LogP contribution in [0.3, 0.4) is 0 Å². The highest BCUT2D eigenvalue weighted by Gasteiger charge is 2.26. The lowest BCUT2D eigenvalue weighted by molar-refractivity contribution is -0.131. The van der Waals surface area contributed by atoms with Crippen LogP contribution in [0.5, 0.6) is 5.75 Å². The Morgan fingerprint density at radius 1 is 1.31 bits per heavy atom. The predicted molar refractivity (Wildman–Crippen MR) is 59.9 cm³/mol. The fraction of sp³-hybridized carbons (Fsp3) is 0.400. The van der Waals surface area contributed by atoms with Crippen molar-refractivity contribution in [2.24, 2.45) is 0 Å². The number of halogens is 4. The molecule has 6 heteroatoms. The summed E-state index contributed by atoms with van der Waals surface area (Å²) < 4.78 is 41.5. The van der Waals surface area contributed by atoms with Crippen molar-refractivity contribution < 1.29 is 17.9 Å². The first-order valence-electron chi connectivity index (χ1n) is 4.56. The van der Waals surface area contributed by atoms with E-state index in [9.17, 15) is 13.2 Å². The number of rotatable bonds is 4. The summed E-state index contributed by atoms with van der Waals surface area (Å²) in [4.78, 5) is 0. The molecule has 0 aliphatic heterocycles. The van der Waals surface area contributed by atoms with Gasteiger partial charge in [-0.3, -0.25) is 0 Å². The maximum atomic E-state index is 11.9. The maximum absolute atomic E-state index is 11.9. The minimum absolute atomic E-state index is 0.150. The Labute approximate surface area is 99.9 Å². The molecule has 0 fully saturated rings. The molecule has 0 bridgehead atoms. The van der Waals surface area contributed by atoms with Gasteiger partial charge in [-0.05, 0) is 12.1 Å². The summed E-state index contributed by atoms with van der Waals surface area (Å²) in [6.07, 6.45) is -5.00.